The van der Waals surface area contributed by atoms with E-state index >= 15 is 0 Å². The topological polar surface area (TPSA) is 50.9 Å². The fourth-order valence-corrected chi connectivity index (χ4v) is 1.98. The van der Waals surface area contributed by atoms with Crippen molar-refractivity contribution in [2.75, 3.05) is 11.1 Å². The third-order valence-electron chi connectivity index (χ3n) is 2.65. The van der Waals surface area contributed by atoms with Crippen molar-refractivity contribution in [3.8, 4) is 0 Å². The molecule has 0 spiro atoms. The Bertz CT molecular complexity index is 340. The van der Waals surface area contributed by atoms with Gasteiger partial charge in [-0.25, -0.2) is 4.98 Å². The van der Waals surface area contributed by atoms with E-state index in [4.69, 9.17) is 5.73 Å². The van der Waals surface area contributed by atoms with Crippen LogP contribution in [0.15, 0.2) is 16.7 Å². The van der Waals surface area contributed by atoms with Crippen LogP contribution in [-0.4, -0.2) is 11.0 Å². The van der Waals surface area contributed by atoms with E-state index in [1.165, 1.54) is 12.8 Å². The van der Waals surface area contributed by atoms with E-state index in [9.17, 15) is 0 Å². The van der Waals surface area contributed by atoms with Crippen molar-refractivity contribution in [1.82, 2.24) is 4.98 Å². The molecule has 0 saturated heterocycles. The Balaban J connectivity index is 2.03. The van der Waals surface area contributed by atoms with Crippen molar-refractivity contribution in [2.24, 2.45) is 5.92 Å². The molecule has 1 fully saturated rings. The third kappa shape index (κ3) is 2.00. The lowest BCUT2D eigenvalue weighted by Crippen LogP contribution is -2.08. The number of hydrogen-bond donors (Lipinski definition) is 2. The molecule has 4 heteroatoms. The van der Waals surface area contributed by atoms with Crippen LogP contribution in [0.2, 0.25) is 0 Å². The van der Waals surface area contributed by atoms with Gasteiger partial charge in [0, 0.05) is 16.7 Å². The highest BCUT2D eigenvalue weighted by Gasteiger charge is 2.35. The van der Waals surface area contributed by atoms with Crippen LogP contribution in [-0.2, 0) is 0 Å². The average molecular weight is 256 g/mol. The van der Waals surface area contributed by atoms with Crippen LogP contribution in [0.4, 0.5) is 11.5 Å². The number of rotatable bonds is 3. The minimum absolute atomic E-state index is 0.580. The lowest BCUT2D eigenvalue weighted by Gasteiger charge is -2.07. The van der Waals surface area contributed by atoms with E-state index in [0.29, 0.717) is 11.7 Å². The van der Waals surface area contributed by atoms with Crippen molar-refractivity contribution >= 4 is 27.4 Å². The van der Waals surface area contributed by atoms with Crippen LogP contribution >= 0.6 is 15.9 Å². The third-order valence-corrected chi connectivity index (χ3v) is 3.09. The molecule has 1 aliphatic rings. The quantitative estimate of drug-likeness (QED) is 0.874. The number of nitrogens with one attached hydrogen (secondary N) is 1. The number of aromatic nitrogens is 1. The summed E-state index contributed by atoms with van der Waals surface area (Å²) in [6.07, 6.45) is 4.24. The Hall–Kier alpha value is -0.770. The maximum Gasteiger partial charge on any atom is 0.149 e. The molecule has 1 aromatic heterocycles. The van der Waals surface area contributed by atoms with Gasteiger partial charge in [0.15, 0.2) is 0 Å². The summed E-state index contributed by atoms with van der Waals surface area (Å²) in [5, 5.41) is 3.36. The zero-order valence-electron chi connectivity index (χ0n) is 8.13. The molecule has 76 valence electrons. The van der Waals surface area contributed by atoms with Crippen molar-refractivity contribution in [1.29, 1.82) is 0 Å². The molecule has 0 bridgehead atoms. The maximum atomic E-state index is 5.83. The second-order valence-corrected chi connectivity index (χ2v) is 4.66. The molecule has 14 heavy (non-hydrogen) atoms. The number of nitrogens with zero attached hydrogens (tertiary/aromatic N) is 1. The summed E-state index contributed by atoms with van der Waals surface area (Å²) in [4.78, 5) is 4.24. The fraction of sp³-hybridized carbons (Fsp3) is 0.500. The fourth-order valence-electron chi connectivity index (χ4n) is 1.63. The number of pyridine rings is 1. The SMILES string of the molecule is CCC1CC1Nc1ncc(Br)cc1N. The summed E-state index contributed by atoms with van der Waals surface area (Å²) in [7, 11) is 0. The van der Waals surface area contributed by atoms with Crippen molar-refractivity contribution in [3.05, 3.63) is 16.7 Å². The molecule has 0 aliphatic heterocycles. The van der Waals surface area contributed by atoms with E-state index in [1.807, 2.05) is 6.07 Å². The Morgan fingerprint density at radius 1 is 1.71 bits per heavy atom. The van der Waals surface area contributed by atoms with Gasteiger partial charge in [0.25, 0.3) is 0 Å². The van der Waals surface area contributed by atoms with Gasteiger partial charge in [-0.2, -0.15) is 0 Å². The van der Waals surface area contributed by atoms with Crippen LogP contribution in [0.1, 0.15) is 19.8 Å². The summed E-state index contributed by atoms with van der Waals surface area (Å²) < 4.78 is 0.920. The van der Waals surface area contributed by atoms with Crippen molar-refractivity contribution in [3.63, 3.8) is 0 Å². The van der Waals surface area contributed by atoms with Crippen LogP contribution in [0.3, 0.4) is 0 Å². The first-order valence-corrected chi connectivity index (χ1v) is 5.67. The summed E-state index contributed by atoms with van der Waals surface area (Å²) in [5.74, 6) is 1.62. The molecular weight excluding hydrogens is 242 g/mol. The smallest absolute Gasteiger partial charge is 0.149 e. The van der Waals surface area contributed by atoms with Crippen LogP contribution in [0, 0.1) is 5.92 Å². The van der Waals surface area contributed by atoms with E-state index in [0.717, 1.165) is 16.2 Å². The number of nitrogen functional groups attached to an aromatic ring is 1. The summed E-state index contributed by atoms with van der Waals surface area (Å²) in [6.45, 7) is 2.21. The van der Waals surface area contributed by atoms with E-state index in [2.05, 4.69) is 33.2 Å². The van der Waals surface area contributed by atoms with Gasteiger partial charge >= 0.3 is 0 Å². The first-order valence-electron chi connectivity index (χ1n) is 4.88. The van der Waals surface area contributed by atoms with Gasteiger partial charge < -0.3 is 11.1 Å². The molecule has 1 heterocycles. The molecule has 0 aromatic carbocycles. The molecule has 3 nitrogen and oxygen atoms in total. The maximum absolute atomic E-state index is 5.83. The van der Waals surface area contributed by atoms with E-state index < -0.39 is 0 Å². The standard InChI is InChI=1S/C10H14BrN3/c1-2-6-3-9(6)14-10-8(12)4-7(11)5-13-10/h4-6,9H,2-3,12H2,1H3,(H,13,14). The summed E-state index contributed by atoms with van der Waals surface area (Å²) in [6, 6.07) is 2.45. The highest BCUT2D eigenvalue weighted by atomic mass is 79.9. The number of nitrogens with two attached hydrogens (primary N) is 1. The Labute approximate surface area is 92.2 Å². The van der Waals surface area contributed by atoms with Gasteiger partial charge in [-0.05, 0) is 34.3 Å². The molecule has 1 aromatic rings. The van der Waals surface area contributed by atoms with E-state index in [-0.39, 0.29) is 0 Å². The monoisotopic (exact) mass is 255 g/mol. The predicted molar refractivity (Wildman–Crippen MR) is 62.2 cm³/mol. The van der Waals surface area contributed by atoms with Gasteiger partial charge in [0.05, 0.1) is 5.69 Å². The molecule has 2 atom stereocenters. The summed E-state index contributed by atoms with van der Waals surface area (Å²) in [5.41, 5.74) is 6.54. The number of hydrogen-bond acceptors (Lipinski definition) is 3. The van der Waals surface area contributed by atoms with Crippen LogP contribution in [0.5, 0.6) is 0 Å². The largest absolute Gasteiger partial charge is 0.396 e. The predicted octanol–water partition coefficient (Wildman–Crippen LogP) is 2.64. The molecule has 0 radical (unpaired) electrons. The lowest BCUT2D eigenvalue weighted by atomic mass is 10.3. The lowest BCUT2D eigenvalue weighted by molar-refractivity contribution is 0.773. The van der Waals surface area contributed by atoms with Gasteiger partial charge in [-0.3, -0.25) is 0 Å². The average Bonchev–Trinajstić information content (AvgIpc) is 2.89. The molecule has 1 aliphatic carbocycles. The van der Waals surface area contributed by atoms with Crippen molar-refractivity contribution < 1.29 is 0 Å². The van der Waals surface area contributed by atoms with Gasteiger partial charge in [0.2, 0.25) is 0 Å². The van der Waals surface area contributed by atoms with Gasteiger partial charge in [0.1, 0.15) is 5.82 Å². The Morgan fingerprint density at radius 2 is 2.50 bits per heavy atom. The highest BCUT2D eigenvalue weighted by Crippen LogP contribution is 2.36. The zero-order valence-corrected chi connectivity index (χ0v) is 9.71. The molecule has 0 amide bonds. The Morgan fingerprint density at radius 3 is 3.07 bits per heavy atom. The van der Waals surface area contributed by atoms with Crippen LogP contribution < -0.4 is 11.1 Å². The zero-order chi connectivity index (χ0) is 10.1. The molecule has 2 rings (SSSR count). The first kappa shape index (κ1) is 9.77. The number of halogens is 1. The highest BCUT2D eigenvalue weighted by molar-refractivity contribution is 9.10. The van der Waals surface area contributed by atoms with Crippen LogP contribution in [0.25, 0.3) is 0 Å². The first-order chi connectivity index (χ1) is 6.70. The molecular formula is C10H14BrN3. The second kappa shape index (κ2) is 3.77. The molecule has 3 N–H and O–H groups in total. The number of anilines is 2. The van der Waals surface area contributed by atoms with Crippen molar-refractivity contribution in [2.45, 2.75) is 25.8 Å². The second-order valence-electron chi connectivity index (χ2n) is 3.75. The normalized spacial score (nSPS) is 24.7. The summed E-state index contributed by atoms with van der Waals surface area (Å²) >= 11 is 3.33. The van der Waals surface area contributed by atoms with Gasteiger partial charge in [-0.15, -0.1) is 0 Å². The van der Waals surface area contributed by atoms with E-state index in [1.54, 1.807) is 6.20 Å². The van der Waals surface area contributed by atoms with Gasteiger partial charge in [-0.1, -0.05) is 13.3 Å². The molecule has 2 unspecified atom stereocenters. The minimum atomic E-state index is 0.580. The minimum Gasteiger partial charge on any atom is -0.396 e. The molecule has 1 saturated carbocycles. The Kier molecular flexibility index (Phi) is 2.63.